The maximum absolute atomic E-state index is 14.6. The average molecular weight is 398 g/mol. The zero-order chi connectivity index (χ0) is 20.1. The molecule has 2 aromatic rings. The Morgan fingerprint density at radius 3 is 2.43 bits per heavy atom. The molecule has 1 aliphatic carbocycles. The molecule has 0 aromatic heterocycles. The summed E-state index contributed by atoms with van der Waals surface area (Å²) in [7, 11) is 0. The van der Waals surface area contributed by atoms with Crippen LogP contribution in [0.5, 0.6) is 0 Å². The van der Waals surface area contributed by atoms with Gasteiger partial charge in [-0.1, -0.05) is 55.8 Å². The number of allylic oxidation sites excluding steroid dienone is 2. The number of carbonyl (C=O) groups is 2. The van der Waals surface area contributed by atoms with E-state index in [0.29, 0.717) is 29.1 Å². The maximum Gasteiger partial charge on any atom is 0.232 e. The van der Waals surface area contributed by atoms with Crippen molar-refractivity contribution < 1.29 is 14.0 Å². The molecule has 2 aromatic carbocycles. The molecule has 1 heterocycles. The predicted molar refractivity (Wildman–Crippen MR) is 108 cm³/mol. The van der Waals surface area contributed by atoms with Crippen molar-refractivity contribution in [1.82, 2.24) is 0 Å². The van der Waals surface area contributed by atoms with Gasteiger partial charge in [0.2, 0.25) is 5.91 Å². The lowest BCUT2D eigenvalue weighted by atomic mass is 9.69. The van der Waals surface area contributed by atoms with Gasteiger partial charge in [-0.3, -0.25) is 14.5 Å². The lowest BCUT2D eigenvalue weighted by molar-refractivity contribution is -0.121. The summed E-state index contributed by atoms with van der Waals surface area (Å²) in [5.41, 5.74) is 1.86. The average Bonchev–Trinajstić information content (AvgIpc) is 2.61. The molecular formula is C23H21ClFNO2. The van der Waals surface area contributed by atoms with E-state index in [1.807, 2.05) is 32.0 Å². The Morgan fingerprint density at radius 2 is 1.71 bits per heavy atom. The van der Waals surface area contributed by atoms with Gasteiger partial charge >= 0.3 is 0 Å². The smallest absolute Gasteiger partial charge is 0.232 e. The van der Waals surface area contributed by atoms with Crippen LogP contribution in [0, 0.1) is 11.2 Å². The molecule has 3 nitrogen and oxygen atoms in total. The number of para-hydroxylation sites is 1. The van der Waals surface area contributed by atoms with Gasteiger partial charge in [-0.2, -0.15) is 0 Å². The number of hydrogen-bond donors (Lipinski definition) is 0. The molecule has 2 aliphatic rings. The zero-order valence-corrected chi connectivity index (χ0v) is 16.6. The Labute approximate surface area is 168 Å². The third-order valence-electron chi connectivity index (χ3n) is 5.52. The van der Waals surface area contributed by atoms with Gasteiger partial charge in [-0.15, -0.1) is 0 Å². The SMILES string of the molecule is CC1(C)CC(=O)C2=C(C1)N(c1ccccc1F)C(=O)CC2c1ccccc1Cl. The Bertz CT molecular complexity index is 1010. The first-order valence-electron chi connectivity index (χ1n) is 9.37. The highest BCUT2D eigenvalue weighted by Crippen LogP contribution is 2.49. The number of anilines is 1. The number of benzene rings is 2. The zero-order valence-electron chi connectivity index (χ0n) is 15.8. The molecule has 0 spiro atoms. The highest BCUT2D eigenvalue weighted by Gasteiger charge is 2.45. The Morgan fingerprint density at radius 1 is 1.04 bits per heavy atom. The summed E-state index contributed by atoms with van der Waals surface area (Å²) < 4.78 is 14.6. The van der Waals surface area contributed by atoms with Crippen LogP contribution in [0.1, 0.15) is 44.6 Å². The van der Waals surface area contributed by atoms with Crippen molar-refractivity contribution in [2.24, 2.45) is 5.41 Å². The van der Waals surface area contributed by atoms with Crippen LogP contribution in [-0.2, 0) is 9.59 Å². The quantitative estimate of drug-likeness (QED) is 0.657. The van der Waals surface area contributed by atoms with E-state index < -0.39 is 11.7 Å². The van der Waals surface area contributed by atoms with Crippen LogP contribution in [0.2, 0.25) is 5.02 Å². The van der Waals surface area contributed by atoms with Crippen molar-refractivity contribution in [3.05, 3.63) is 76.2 Å². The summed E-state index contributed by atoms with van der Waals surface area (Å²) in [4.78, 5) is 27.8. The van der Waals surface area contributed by atoms with Crippen LogP contribution >= 0.6 is 11.6 Å². The molecule has 1 atom stereocenters. The fourth-order valence-electron chi connectivity index (χ4n) is 4.35. The first-order chi connectivity index (χ1) is 13.3. The monoisotopic (exact) mass is 397 g/mol. The number of hydrogen-bond acceptors (Lipinski definition) is 2. The second kappa shape index (κ2) is 6.85. The molecule has 0 N–H and O–H groups in total. The lowest BCUT2D eigenvalue weighted by Crippen LogP contribution is -2.44. The molecule has 0 bridgehead atoms. The number of Topliss-reactive ketones (excluding diaryl/α,β-unsaturated/α-hetero) is 1. The van der Waals surface area contributed by atoms with E-state index in [2.05, 4.69) is 0 Å². The van der Waals surface area contributed by atoms with Crippen molar-refractivity contribution in [3.8, 4) is 0 Å². The minimum atomic E-state index is -0.477. The van der Waals surface area contributed by atoms with Crippen molar-refractivity contribution in [2.75, 3.05) is 4.90 Å². The van der Waals surface area contributed by atoms with Crippen LogP contribution in [-0.4, -0.2) is 11.7 Å². The first-order valence-corrected chi connectivity index (χ1v) is 9.74. The van der Waals surface area contributed by atoms with E-state index in [0.717, 1.165) is 5.56 Å². The van der Waals surface area contributed by atoms with Gasteiger partial charge in [0.15, 0.2) is 5.78 Å². The standard InChI is InChI=1S/C23H21ClFNO2/c1-23(2)12-19-22(20(27)13-23)15(14-7-3-4-8-16(14)24)11-21(28)26(19)18-10-6-5-9-17(18)25/h3-10,15H,11-13H2,1-2H3. The van der Waals surface area contributed by atoms with E-state index in [9.17, 15) is 14.0 Å². The van der Waals surface area contributed by atoms with E-state index in [1.165, 1.54) is 11.0 Å². The molecule has 28 heavy (non-hydrogen) atoms. The molecule has 0 saturated heterocycles. The van der Waals surface area contributed by atoms with Crippen LogP contribution in [0.4, 0.5) is 10.1 Å². The summed E-state index contributed by atoms with van der Waals surface area (Å²) in [6.07, 6.45) is 1.00. The summed E-state index contributed by atoms with van der Waals surface area (Å²) in [6, 6.07) is 13.5. The molecule has 1 amide bonds. The topological polar surface area (TPSA) is 37.4 Å². The fourth-order valence-corrected chi connectivity index (χ4v) is 4.62. The minimum absolute atomic E-state index is 0.00464. The van der Waals surface area contributed by atoms with Crippen molar-refractivity contribution in [1.29, 1.82) is 0 Å². The predicted octanol–water partition coefficient (Wildman–Crippen LogP) is 5.64. The second-order valence-electron chi connectivity index (χ2n) is 8.26. The van der Waals surface area contributed by atoms with E-state index in [1.54, 1.807) is 24.3 Å². The number of amides is 1. The van der Waals surface area contributed by atoms with E-state index in [4.69, 9.17) is 11.6 Å². The highest BCUT2D eigenvalue weighted by molar-refractivity contribution is 6.31. The van der Waals surface area contributed by atoms with E-state index in [-0.39, 0.29) is 29.2 Å². The van der Waals surface area contributed by atoms with Gasteiger partial charge in [0.1, 0.15) is 5.82 Å². The molecule has 1 aliphatic heterocycles. The third-order valence-corrected chi connectivity index (χ3v) is 5.86. The van der Waals surface area contributed by atoms with Crippen molar-refractivity contribution in [2.45, 2.75) is 39.0 Å². The molecule has 1 unspecified atom stereocenters. The molecule has 0 fully saturated rings. The Kier molecular flexibility index (Phi) is 4.62. The Hall–Kier alpha value is -2.46. The number of rotatable bonds is 2. The molecule has 0 saturated carbocycles. The van der Waals surface area contributed by atoms with Crippen LogP contribution in [0.3, 0.4) is 0 Å². The largest absolute Gasteiger partial charge is 0.294 e. The van der Waals surface area contributed by atoms with Crippen molar-refractivity contribution >= 4 is 29.0 Å². The van der Waals surface area contributed by atoms with Crippen molar-refractivity contribution in [3.63, 3.8) is 0 Å². The maximum atomic E-state index is 14.6. The van der Waals surface area contributed by atoms with Gasteiger partial charge in [-0.25, -0.2) is 4.39 Å². The highest BCUT2D eigenvalue weighted by atomic mass is 35.5. The van der Waals surface area contributed by atoms with E-state index >= 15 is 0 Å². The lowest BCUT2D eigenvalue weighted by Gasteiger charge is -2.43. The number of nitrogens with zero attached hydrogens (tertiary/aromatic N) is 1. The first kappa shape index (κ1) is 18.9. The fraction of sp³-hybridized carbons (Fsp3) is 0.304. The normalized spacial score (nSPS) is 21.7. The van der Waals surface area contributed by atoms with Crippen LogP contribution in [0.15, 0.2) is 59.8 Å². The Balaban J connectivity index is 1.94. The summed E-state index contributed by atoms with van der Waals surface area (Å²) in [5, 5.41) is 0.532. The summed E-state index contributed by atoms with van der Waals surface area (Å²) in [6.45, 7) is 4.00. The van der Waals surface area contributed by atoms with Gasteiger partial charge in [0.05, 0.1) is 5.69 Å². The minimum Gasteiger partial charge on any atom is -0.294 e. The molecular weight excluding hydrogens is 377 g/mol. The van der Waals surface area contributed by atoms with Gasteiger partial charge in [0, 0.05) is 35.1 Å². The second-order valence-corrected chi connectivity index (χ2v) is 8.67. The van der Waals surface area contributed by atoms with Gasteiger partial charge < -0.3 is 0 Å². The van der Waals surface area contributed by atoms with Crippen LogP contribution in [0.25, 0.3) is 0 Å². The van der Waals surface area contributed by atoms with Gasteiger partial charge in [0.25, 0.3) is 0 Å². The summed E-state index contributed by atoms with van der Waals surface area (Å²) in [5.74, 6) is -1.10. The summed E-state index contributed by atoms with van der Waals surface area (Å²) >= 11 is 6.40. The van der Waals surface area contributed by atoms with Gasteiger partial charge in [-0.05, 0) is 35.6 Å². The molecule has 0 radical (unpaired) electrons. The number of carbonyl (C=O) groups excluding carboxylic acids is 2. The molecule has 4 rings (SSSR count). The third kappa shape index (κ3) is 3.16. The molecule has 5 heteroatoms. The number of halogens is 2. The number of ketones is 1. The molecule has 144 valence electrons. The van der Waals surface area contributed by atoms with Crippen LogP contribution < -0.4 is 4.90 Å².